The van der Waals surface area contributed by atoms with E-state index in [0.717, 1.165) is 49.3 Å². The van der Waals surface area contributed by atoms with Crippen molar-refractivity contribution in [2.24, 2.45) is 5.92 Å². The third-order valence-electron chi connectivity index (χ3n) is 4.60. The first kappa shape index (κ1) is 14.1. The number of hydrogen-bond donors (Lipinski definition) is 2. The Bertz CT molecular complexity index is 497. The minimum absolute atomic E-state index is 0.00278. The van der Waals surface area contributed by atoms with E-state index in [1.807, 2.05) is 0 Å². The lowest BCUT2D eigenvalue weighted by atomic mass is 9.90. The Labute approximate surface area is 124 Å². The maximum atomic E-state index is 12.3. The van der Waals surface area contributed by atoms with Crippen molar-refractivity contribution < 1.29 is 9.90 Å². The fraction of sp³-hybridized carbons (Fsp3) is 0.688. The van der Waals surface area contributed by atoms with Crippen molar-refractivity contribution in [1.82, 2.24) is 5.32 Å². The lowest BCUT2D eigenvalue weighted by Gasteiger charge is -2.28. The summed E-state index contributed by atoms with van der Waals surface area (Å²) in [5.74, 6) is 0.733. The van der Waals surface area contributed by atoms with E-state index in [0.29, 0.717) is 0 Å². The van der Waals surface area contributed by atoms with Crippen molar-refractivity contribution in [2.75, 3.05) is 0 Å². The van der Waals surface area contributed by atoms with Crippen LogP contribution in [-0.4, -0.2) is 23.2 Å². The van der Waals surface area contributed by atoms with Crippen LogP contribution in [-0.2, 0) is 12.8 Å². The van der Waals surface area contributed by atoms with Crippen molar-refractivity contribution in [2.45, 2.75) is 64.0 Å². The van der Waals surface area contributed by atoms with Crippen molar-refractivity contribution in [3.63, 3.8) is 0 Å². The van der Waals surface area contributed by atoms with Crippen LogP contribution < -0.4 is 5.32 Å². The van der Waals surface area contributed by atoms with E-state index >= 15 is 0 Å². The molecule has 0 aliphatic heterocycles. The number of thiophene rings is 1. The van der Waals surface area contributed by atoms with E-state index in [-0.39, 0.29) is 18.1 Å². The molecule has 1 aromatic heterocycles. The molecule has 0 bridgehead atoms. The molecule has 0 saturated heterocycles. The zero-order valence-electron chi connectivity index (χ0n) is 12.0. The van der Waals surface area contributed by atoms with Gasteiger partial charge in [0.2, 0.25) is 0 Å². The molecule has 2 aliphatic carbocycles. The molecule has 0 aromatic carbocycles. The van der Waals surface area contributed by atoms with Gasteiger partial charge in [0, 0.05) is 4.88 Å². The van der Waals surface area contributed by atoms with Gasteiger partial charge in [-0.1, -0.05) is 19.8 Å². The van der Waals surface area contributed by atoms with Crippen molar-refractivity contribution in [3.8, 4) is 0 Å². The molecule has 2 aliphatic rings. The smallest absolute Gasteiger partial charge is 0.261 e. The topological polar surface area (TPSA) is 49.3 Å². The van der Waals surface area contributed by atoms with Crippen LogP contribution in [0.3, 0.4) is 0 Å². The molecule has 20 heavy (non-hydrogen) atoms. The number of rotatable bonds is 2. The molecule has 110 valence electrons. The van der Waals surface area contributed by atoms with E-state index < -0.39 is 0 Å². The van der Waals surface area contributed by atoms with Gasteiger partial charge in [0.1, 0.15) is 0 Å². The van der Waals surface area contributed by atoms with E-state index in [9.17, 15) is 9.90 Å². The first-order valence-electron chi connectivity index (χ1n) is 7.74. The molecule has 1 amide bonds. The van der Waals surface area contributed by atoms with Gasteiger partial charge in [-0.05, 0) is 49.7 Å². The van der Waals surface area contributed by atoms with E-state index in [1.165, 1.54) is 16.9 Å². The van der Waals surface area contributed by atoms with Crippen molar-refractivity contribution in [1.29, 1.82) is 0 Å². The molecular formula is C16H23NO2S. The molecule has 4 heteroatoms. The molecule has 3 nitrogen and oxygen atoms in total. The summed E-state index contributed by atoms with van der Waals surface area (Å²) in [6.07, 6.45) is 6.95. The van der Waals surface area contributed by atoms with Crippen LogP contribution in [0.5, 0.6) is 0 Å². The highest BCUT2D eigenvalue weighted by molar-refractivity contribution is 7.14. The van der Waals surface area contributed by atoms with Gasteiger partial charge in [-0.15, -0.1) is 11.3 Å². The Balaban J connectivity index is 1.68. The number of aliphatic hydroxyl groups excluding tert-OH is 1. The number of aryl methyl sites for hydroxylation is 1. The van der Waals surface area contributed by atoms with E-state index in [2.05, 4.69) is 18.3 Å². The second-order valence-corrected chi connectivity index (χ2v) is 7.48. The second kappa shape index (κ2) is 5.86. The van der Waals surface area contributed by atoms with Crippen LogP contribution >= 0.6 is 11.3 Å². The number of carbonyl (C=O) groups excluding carboxylic acids is 1. The molecule has 1 aromatic rings. The van der Waals surface area contributed by atoms with Crippen LogP contribution in [0.1, 0.15) is 59.1 Å². The van der Waals surface area contributed by atoms with Crippen LogP contribution in [0.2, 0.25) is 0 Å². The van der Waals surface area contributed by atoms with E-state index in [4.69, 9.17) is 0 Å². The summed E-state index contributed by atoms with van der Waals surface area (Å²) >= 11 is 1.64. The summed E-state index contributed by atoms with van der Waals surface area (Å²) in [5, 5.41) is 13.0. The van der Waals surface area contributed by atoms with Gasteiger partial charge in [-0.25, -0.2) is 0 Å². The summed E-state index contributed by atoms with van der Waals surface area (Å²) in [5.41, 5.74) is 1.36. The molecule has 3 atom stereocenters. The van der Waals surface area contributed by atoms with Crippen molar-refractivity contribution >= 4 is 17.2 Å². The summed E-state index contributed by atoms with van der Waals surface area (Å²) < 4.78 is 0. The lowest BCUT2D eigenvalue weighted by molar-refractivity contribution is 0.0720. The number of nitrogens with one attached hydrogen (secondary N) is 1. The molecule has 2 N–H and O–H groups in total. The third-order valence-corrected chi connectivity index (χ3v) is 5.83. The fourth-order valence-electron chi connectivity index (χ4n) is 3.34. The average molecular weight is 293 g/mol. The highest BCUT2D eigenvalue weighted by atomic mass is 32.1. The highest BCUT2D eigenvalue weighted by Crippen LogP contribution is 2.32. The minimum Gasteiger partial charge on any atom is -0.391 e. The number of aliphatic hydroxyl groups is 1. The van der Waals surface area contributed by atoms with Gasteiger partial charge in [0.25, 0.3) is 5.91 Å². The van der Waals surface area contributed by atoms with Crippen LogP contribution in [0.25, 0.3) is 0 Å². The summed E-state index contributed by atoms with van der Waals surface area (Å²) in [6.45, 7) is 2.28. The SMILES string of the molecule is CC1CCc2sc(C(=O)N[C@@H]3CCCC[C@H]3O)cc2C1. The van der Waals surface area contributed by atoms with E-state index in [1.54, 1.807) is 11.3 Å². The Morgan fingerprint density at radius 3 is 2.95 bits per heavy atom. The summed E-state index contributed by atoms with van der Waals surface area (Å²) in [4.78, 5) is 14.6. The predicted octanol–water partition coefficient (Wildman–Crippen LogP) is 2.91. The maximum Gasteiger partial charge on any atom is 0.261 e. The van der Waals surface area contributed by atoms with Gasteiger partial charge in [0.15, 0.2) is 0 Å². The zero-order chi connectivity index (χ0) is 14.1. The lowest BCUT2D eigenvalue weighted by Crippen LogP contribution is -2.44. The van der Waals surface area contributed by atoms with Crippen molar-refractivity contribution in [3.05, 3.63) is 21.4 Å². The predicted molar refractivity (Wildman–Crippen MR) is 81.2 cm³/mol. The maximum absolute atomic E-state index is 12.3. The standard InChI is InChI=1S/C16H23NO2S/c1-10-6-7-14-11(8-10)9-15(20-14)16(19)17-12-4-2-3-5-13(12)18/h9-10,12-13,18H,2-8H2,1H3,(H,17,19)/t10?,12-,13-/m1/s1. The summed E-state index contributed by atoms with van der Waals surface area (Å²) in [7, 11) is 0. The molecule has 0 radical (unpaired) electrons. The Hall–Kier alpha value is -0.870. The molecule has 1 heterocycles. The second-order valence-electron chi connectivity index (χ2n) is 6.34. The molecule has 1 saturated carbocycles. The first-order valence-corrected chi connectivity index (χ1v) is 8.55. The number of amides is 1. The highest BCUT2D eigenvalue weighted by Gasteiger charge is 2.26. The molecular weight excluding hydrogens is 270 g/mol. The monoisotopic (exact) mass is 293 g/mol. The summed E-state index contributed by atoms with van der Waals surface area (Å²) in [6, 6.07) is 2.01. The van der Waals surface area contributed by atoms with Gasteiger partial charge >= 0.3 is 0 Å². The number of hydrogen-bond acceptors (Lipinski definition) is 3. The fourth-order valence-corrected chi connectivity index (χ4v) is 4.45. The first-order chi connectivity index (χ1) is 9.63. The minimum atomic E-state index is -0.373. The number of carbonyl (C=O) groups is 1. The third kappa shape index (κ3) is 2.91. The molecule has 3 rings (SSSR count). The molecule has 1 unspecified atom stereocenters. The average Bonchev–Trinajstić information content (AvgIpc) is 2.84. The van der Waals surface area contributed by atoms with Gasteiger partial charge in [-0.3, -0.25) is 4.79 Å². The molecule has 0 spiro atoms. The van der Waals surface area contributed by atoms with Gasteiger partial charge in [-0.2, -0.15) is 0 Å². The van der Waals surface area contributed by atoms with Gasteiger partial charge < -0.3 is 10.4 Å². The quantitative estimate of drug-likeness (QED) is 0.881. The Kier molecular flexibility index (Phi) is 4.13. The van der Waals surface area contributed by atoms with Crippen LogP contribution in [0.15, 0.2) is 6.07 Å². The molecule has 1 fully saturated rings. The van der Waals surface area contributed by atoms with Crippen LogP contribution in [0, 0.1) is 5.92 Å². The largest absolute Gasteiger partial charge is 0.391 e. The Morgan fingerprint density at radius 2 is 2.15 bits per heavy atom. The normalized spacial score (nSPS) is 29.8. The zero-order valence-corrected chi connectivity index (χ0v) is 12.8. The van der Waals surface area contributed by atoms with Gasteiger partial charge in [0.05, 0.1) is 17.0 Å². The number of fused-ring (bicyclic) bond motifs is 1. The van der Waals surface area contributed by atoms with Crippen LogP contribution in [0.4, 0.5) is 0 Å². The Morgan fingerprint density at radius 1 is 1.35 bits per heavy atom.